The quantitative estimate of drug-likeness (QED) is 0.187. The van der Waals surface area contributed by atoms with Gasteiger partial charge in [0.05, 0.1) is 17.4 Å². The fraction of sp³-hybridized carbons (Fsp3) is 0.139. The number of ether oxygens (including phenoxy) is 2. The van der Waals surface area contributed by atoms with E-state index in [9.17, 15) is 4.39 Å². The summed E-state index contributed by atoms with van der Waals surface area (Å²) in [4.78, 5) is 0. The highest BCUT2D eigenvalue weighted by atomic mass is 19.1. The third kappa shape index (κ3) is 6.30. The highest BCUT2D eigenvalue weighted by molar-refractivity contribution is 6.05. The van der Waals surface area contributed by atoms with Crippen LogP contribution in [0.2, 0.25) is 0 Å². The van der Waals surface area contributed by atoms with Crippen molar-refractivity contribution in [2.75, 3.05) is 5.01 Å². The van der Waals surface area contributed by atoms with Gasteiger partial charge in [0.1, 0.15) is 30.5 Å². The van der Waals surface area contributed by atoms with E-state index in [0.29, 0.717) is 24.7 Å². The van der Waals surface area contributed by atoms with E-state index in [1.807, 2.05) is 66.7 Å². The van der Waals surface area contributed by atoms with Crippen LogP contribution in [0.3, 0.4) is 0 Å². The van der Waals surface area contributed by atoms with E-state index in [1.54, 1.807) is 12.1 Å². The fourth-order valence-electron chi connectivity index (χ4n) is 4.97. The molecule has 0 saturated heterocycles. The Bertz CT molecular complexity index is 1620. The van der Waals surface area contributed by atoms with Crippen LogP contribution in [-0.4, -0.2) is 5.71 Å². The molecule has 5 aromatic rings. The van der Waals surface area contributed by atoms with E-state index in [0.717, 1.165) is 34.5 Å². The monoisotopic (exact) mass is 542 g/mol. The van der Waals surface area contributed by atoms with Crippen LogP contribution in [0.5, 0.6) is 11.5 Å². The van der Waals surface area contributed by atoms with E-state index in [2.05, 4.69) is 48.3 Å². The highest BCUT2D eigenvalue weighted by Gasteiger charge is 2.31. The Morgan fingerprint density at radius 2 is 1.39 bits per heavy atom. The van der Waals surface area contributed by atoms with Crippen LogP contribution >= 0.6 is 0 Å². The van der Waals surface area contributed by atoms with Gasteiger partial charge in [0.2, 0.25) is 0 Å². The average molecular weight is 543 g/mol. The van der Waals surface area contributed by atoms with E-state index in [-0.39, 0.29) is 11.9 Å². The molecule has 6 rings (SSSR count). The number of nitrogens with zero attached hydrogens (tertiary/aromatic N) is 2. The highest BCUT2D eigenvalue weighted by Crippen LogP contribution is 2.39. The van der Waals surface area contributed by atoms with Crippen molar-refractivity contribution in [3.63, 3.8) is 0 Å². The minimum absolute atomic E-state index is 0.0481. The molecule has 1 heterocycles. The smallest absolute Gasteiger partial charge is 0.132 e. The van der Waals surface area contributed by atoms with Crippen LogP contribution in [-0.2, 0) is 13.2 Å². The standard InChI is InChI=1S/C36H31FN2O2/c1-26-12-16-29(17-13-26)35-23-34(38-39(35)31-10-6-3-7-11-31)33-21-20-32(40-24-27-8-4-2-5-9-27)22-36(33)41-25-28-14-18-30(37)19-15-28/h2-22,35H,23-25H2,1H3. The van der Waals surface area contributed by atoms with Gasteiger partial charge in [0.25, 0.3) is 0 Å². The molecule has 5 heteroatoms. The molecule has 1 aliphatic rings. The maximum atomic E-state index is 13.5. The van der Waals surface area contributed by atoms with Crippen LogP contribution in [0.1, 0.15) is 40.3 Å². The van der Waals surface area contributed by atoms with Gasteiger partial charge in [-0.05, 0) is 60.0 Å². The van der Waals surface area contributed by atoms with Gasteiger partial charge >= 0.3 is 0 Å². The van der Waals surface area contributed by atoms with Crippen LogP contribution in [0.15, 0.2) is 132 Å². The number of hydrazone groups is 1. The molecule has 204 valence electrons. The lowest BCUT2D eigenvalue weighted by Gasteiger charge is -2.24. The van der Waals surface area contributed by atoms with Gasteiger partial charge < -0.3 is 9.47 Å². The second kappa shape index (κ2) is 12.1. The van der Waals surface area contributed by atoms with Crippen molar-refractivity contribution in [3.8, 4) is 11.5 Å². The maximum absolute atomic E-state index is 13.5. The van der Waals surface area contributed by atoms with Gasteiger partial charge in [-0.15, -0.1) is 0 Å². The molecule has 0 aliphatic carbocycles. The summed E-state index contributed by atoms with van der Waals surface area (Å²) >= 11 is 0. The molecule has 4 nitrogen and oxygen atoms in total. The zero-order valence-corrected chi connectivity index (χ0v) is 22.9. The van der Waals surface area contributed by atoms with Gasteiger partial charge in [0.15, 0.2) is 0 Å². The lowest BCUT2D eigenvalue weighted by Crippen LogP contribution is -2.18. The third-order valence-corrected chi connectivity index (χ3v) is 7.21. The third-order valence-electron chi connectivity index (χ3n) is 7.21. The Labute approximate surface area is 240 Å². The molecule has 5 aromatic carbocycles. The van der Waals surface area contributed by atoms with Gasteiger partial charge in [0, 0.05) is 18.1 Å². The molecule has 1 unspecified atom stereocenters. The summed E-state index contributed by atoms with van der Waals surface area (Å²) in [6.45, 7) is 2.85. The maximum Gasteiger partial charge on any atom is 0.132 e. The lowest BCUT2D eigenvalue weighted by atomic mass is 9.97. The minimum Gasteiger partial charge on any atom is -0.489 e. The molecule has 0 bridgehead atoms. The molecule has 0 aromatic heterocycles. The average Bonchev–Trinajstić information content (AvgIpc) is 3.46. The molecule has 1 aliphatic heterocycles. The van der Waals surface area contributed by atoms with E-state index in [1.165, 1.54) is 23.3 Å². The Morgan fingerprint density at radius 3 is 2.12 bits per heavy atom. The normalized spacial score (nSPS) is 14.5. The number of aryl methyl sites for hydroxylation is 1. The Morgan fingerprint density at radius 1 is 0.732 bits per heavy atom. The van der Waals surface area contributed by atoms with E-state index < -0.39 is 0 Å². The molecule has 1 atom stereocenters. The molecular weight excluding hydrogens is 511 g/mol. The molecule has 0 fully saturated rings. The predicted molar refractivity (Wildman–Crippen MR) is 162 cm³/mol. The van der Waals surface area contributed by atoms with Gasteiger partial charge in [-0.25, -0.2) is 4.39 Å². The van der Waals surface area contributed by atoms with Crippen LogP contribution in [0, 0.1) is 12.7 Å². The van der Waals surface area contributed by atoms with Gasteiger partial charge in [-0.2, -0.15) is 5.10 Å². The molecule has 0 amide bonds. The van der Waals surface area contributed by atoms with Crippen molar-refractivity contribution in [2.45, 2.75) is 32.6 Å². The first kappa shape index (κ1) is 26.3. The van der Waals surface area contributed by atoms with E-state index in [4.69, 9.17) is 14.6 Å². The zero-order valence-electron chi connectivity index (χ0n) is 22.9. The first-order valence-electron chi connectivity index (χ1n) is 13.8. The van der Waals surface area contributed by atoms with Crippen LogP contribution in [0.4, 0.5) is 10.1 Å². The topological polar surface area (TPSA) is 34.1 Å². The summed E-state index contributed by atoms with van der Waals surface area (Å²) in [5.41, 5.74) is 7.27. The van der Waals surface area contributed by atoms with Crippen molar-refractivity contribution in [3.05, 3.63) is 161 Å². The number of para-hydroxylation sites is 1. The van der Waals surface area contributed by atoms with Crippen molar-refractivity contribution in [2.24, 2.45) is 5.10 Å². The number of halogens is 1. The Balaban J connectivity index is 1.33. The molecule has 0 radical (unpaired) electrons. The van der Waals surface area contributed by atoms with Crippen LogP contribution < -0.4 is 14.5 Å². The summed E-state index contributed by atoms with van der Waals surface area (Å²) in [6.07, 6.45) is 0.717. The predicted octanol–water partition coefficient (Wildman–Crippen LogP) is 8.65. The molecule has 0 saturated carbocycles. The molecular formula is C36H31FN2O2. The number of benzene rings is 5. The summed E-state index contributed by atoms with van der Waals surface area (Å²) in [7, 11) is 0. The van der Waals surface area contributed by atoms with Crippen LogP contribution in [0.25, 0.3) is 0 Å². The molecule has 0 N–H and O–H groups in total. The molecule has 0 spiro atoms. The fourth-order valence-corrected chi connectivity index (χ4v) is 4.97. The second-order valence-corrected chi connectivity index (χ2v) is 10.2. The first-order chi connectivity index (χ1) is 20.1. The van der Waals surface area contributed by atoms with Crippen molar-refractivity contribution >= 4 is 11.4 Å². The van der Waals surface area contributed by atoms with Crippen molar-refractivity contribution < 1.29 is 13.9 Å². The SMILES string of the molecule is Cc1ccc(C2CC(c3ccc(OCc4ccccc4)cc3OCc3ccc(F)cc3)=NN2c2ccccc2)cc1. The summed E-state index contributed by atoms with van der Waals surface area (Å²) in [6, 6.07) is 41.3. The largest absolute Gasteiger partial charge is 0.489 e. The summed E-state index contributed by atoms with van der Waals surface area (Å²) < 4.78 is 26.0. The minimum atomic E-state index is -0.269. The van der Waals surface area contributed by atoms with Crippen molar-refractivity contribution in [1.82, 2.24) is 0 Å². The number of hydrogen-bond acceptors (Lipinski definition) is 4. The van der Waals surface area contributed by atoms with E-state index >= 15 is 0 Å². The lowest BCUT2D eigenvalue weighted by molar-refractivity contribution is 0.289. The van der Waals surface area contributed by atoms with Gasteiger partial charge in [-0.3, -0.25) is 5.01 Å². The summed E-state index contributed by atoms with van der Waals surface area (Å²) in [5.74, 6) is 1.12. The number of rotatable bonds is 9. The summed E-state index contributed by atoms with van der Waals surface area (Å²) in [5, 5.41) is 7.24. The van der Waals surface area contributed by atoms with Gasteiger partial charge in [-0.1, -0.05) is 90.5 Å². The molecule has 41 heavy (non-hydrogen) atoms. The van der Waals surface area contributed by atoms with Crippen molar-refractivity contribution in [1.29, 1.82) is 0 Å². The Hall–Kier alpha value is -4.90. The number of hydrogen-bond donors (Lipinski definition) is 0. The Kier molecular flexibility index (Phi) is 7.76. The zero-order chi connectivity index (χ0) is 28.0. The first-order valence-corrected chi connectivity index (χ1v) is 13.8. The number of anilines is 1. The second-order valence-electron chi connectivity index (χ2n) is 10.2.